The average Bonchev–Trinajstić information content (AvgIpc) is 2.73. The van der Waals surface area contributed by atoms with E-state index in [-0.39, 0.29) is 5.56 Å². The Balaban J connectivity index is 2.71. The fraction of sp³-hybridized carbons (Fsp3) is 0.286. The number of nitrogens with zero attached hydrogens (tertiary/aromatic N) is 1. The van der Waals surface area contributed by atoms with Crippen molar-refractivity contribution < 1.29 is 0 Å². The summed E-state index contributed by atoms with van der Waals surface area (Å²) in [5.74, 6) is 0.731. The smallest absolute Gasteiger partial charge is 0.268 e. The summed E-state index contributed by atoms with van der Waals surface area (Å²) in [7, 11) is 0. The Morgan fingerprint density at radius 1 is 1.56 bits per heavy atom. The highest BCUT2D eigenvalue weighted by atomic mass is 32.1. The van der Waals surface area contributed by atoms with Gasteiger partial charge in [0.1, 0.15) is 10.5 Å². The van der Waals surface area contributed by atoms with Gasteiger partial charge in [0.2, 0.25) is 0 Å². The molecule has 0 amide bonds. The minimum Gasteiger partial charge on any atom is -0.309 e. The van der Waals surface area contributed by atoms with Crippen molar-refractivity contribution in [3.05, 3.63) is 45.3 Å². The van der Waals surface area contributed by atoms with Gasteiger partial charge in [0.25, 0.3) is 5.56 Å². The first kappa shape index (κ1) is 12.8. The molecule has 0 aliphatic carbocycles. The van der Waals surface area contributed by atoms with Gasteiger partial charge in [0.05, 0.1) is 5.52 Å². The van der Waals surface area contributed by atoms with Crippen molar-refractivity contribution in [3.8, 4) is 0 Å². The molecule has 0 radical (unpaired) electrons. The Hall–Kier alpha value is -1.68. The number of hydrogen-bond acceptors (Lipinski definition) is 3. The maximum atomic E-state index is 11.9. The Morgan fingerprint density at radius 3 is 2.83 bits per heavy atom. The van der Waals surface area contributed by atoms with Crippen molar-refractivity contribution in [2.45, 2.75) is 27.2 Å². The quantitative estimate of drug-likeness (QED) is 0.858. The molecule has 4 heteroatoms. The molecule has 0 aromatic carbocycles. The van der Waals surface area contributed by atoms with Crippen LogP contribution in [0.3, 0.4) is 0 Å². The fourth-order valence-corrected chi connectivity index (χ4v) is 2.98. The van der Waals surface area contributed by atoms with E-state index in [1.54, 1.807) is 0 Å². The summed E-state index contributed by atoms with van der Waals surface area (Å²) >= 11 is 1.47. The van der Waals surface area contributed by atoms with Crippen molar-refractivity contribution in [1.29, 1.82) is 0 Å². The molecule has 2 aromatic rings. The number of aryl methyl sites for hydroxylation is 1. The highest BCUT2D eigenvalue weighted by Gasteiger charge is 2.10. The number of aromatic nitrogens is 2. The molecule has 2 heterocycles. The Labute approximate surface area is 110 Å². The first-order valence-electron chi connectivity index (χ1n) is 5.89. The second-order valence-corrected chi connectivity index (χ2v) is 5.36. The third kappa shape index (κ3) is 2.16. The standard InChI is InChI=1S/C14H16N2OS/c1-5-9(8(3)4)11-7-10-13(18-11)14(17)16-12(6-2)15-10/h5,7H,1,6H2,2-4H3,(H,15,16,17). The highest BCUT2D eigenvalue weighted by Crippen LogP contribution is 2.29. The molecule has 0 aliphatic heterocycles. The van der Waals surface area contributed by atoms with Crippen LogP contribution in [0.2, 0.25) is 0 Å². The molecular formula is C14H16N2OS. The number of aromatic amines is 1. The third-order valence-electron chi connectivity index (χ3n) is 2.78. The van der Waals surface area contributed by atoms with E-state index in [1.807, 2.05) is 32.9 Å². The molecule has 0 bridgehead atoms. The maximum absolute atomic E-state index is 11.9. The lowest BCUT2D eigenvalue weighted by Gasteiger charge is -1.99. The van der Waals surface area contributed by atoms with Gasteiger partial charge < -0.3 is 4.98 Å². The van der Waals surface area contributed by atoms with Gasteiger partial charge in [0, 0.05) is 11.3 Å². The number of allylic oxidation sites excluding steroid dienone is 3. The number of H-pyrrole nitrogens is 1. The summed E-state index contributed by atoms with van der Waals surface area (Å²) in [6, 6.07) is 1.97. The molecule has 2 aromatic heterocycles. The van der Waals surface area contributed by atoms with E-state index in [0.29, 0.717) is 4.70 Å². The lowest BCUT2D eigenvalue weighted by Crippen LogP contribution is -2.09. The van der Waals surface area contributed by atoms with Crippen LogP contribution >= 0.6 is 11.3 Å². The average molecular weight is 260 g/mol. The van der Waals surface area contributed by atoms with Crippen LogP contribution < -0.4 is 5.56 Å². The van der Waals surface area contributed by atoms with E-state index >= 15 is 0 Å². The first-order chi connectivity index (χ1) is 8.56. The second-order valence-electron chi connectivity index (χ2n) is 4.31. The molecule has 94 valence electrons. The fourth-order valence-electron chi connectivity index (χ4n) is 1.84. The molecule has 18 heavy (non-hydrogen) atoms. The van der Waals surface area contributed by atoms with Gasteiger partial charge in [-0.3, -0.25) is 4.79 Å². The van der Waals surface area contributed by atoms with Crippen LogP contribution in [0.4, 0.5) is 0 Å². The van der Waals surface area contributed by atoms with E-state index in [4.69, 9.17) is 0 Å². The van der Waals surface area contributed by atoms with Crippen LogP contribution in [-0.2, 0) is 6.42 Å². The summed E-state index contributed by atoms with van der Waals surface area (Å²) in [5.41, 5.74) is 2.99. The monoisotopic (exact) mass is 260 g/mol. The number of fused-ring (bicyclic) bond motifs is 1. The van der Waals surface area contributed by atoms with Crippen molar-refractivity contribution in [3.63, 3.8) is 0 Å². The second kappa shape index (κ2) is 4.90. The molecular weight excluding hydrogens is 244 g/mol. The van der Waals surface area contributed by atoms with Crippen molar-refractivity contribution >= 4 is 27.1 Å². The van der Waals surface area contributed by atoms with Crippen LogP contribution in [0.5, 0.6) is 0 Å². The van der Waals surface area contributed by atoms with Gasteiger partial charge in [0.15, 0.2) is 0 Å². The van der Waals surface area contributed by atoms with Gasteiger partial charge in [-0.05, 0) is 25.5 Å². The molecule has 0 saturated heterocycles. The molecule has 0 saturated carbocycles. The number of rotatable bonds is 3. The zero-order chi connectivity index (χ0) is 13.3. The normalized spacial score (nSPS) is 10.6. The summed E-state index contributed by atoms with van der Waals surface area (Å²) in [6.07, 6.45) is 2.56. The van der Waals surface area contributed by atoms with Crippen LogP contribution in [0.1, 0.15) is 31.5 Å². The third-order valence-corrected chi connectivity index (χ3v) is 3.93. The molecule has 2 rings (SSSR count). The van der Waals surface area contributed by atoms with Gasteiger partial charge in [-0.15, -0.1) is 11.3 Å². The topological polar surface area (TPSA) is 45.8 Å². The zero-order valence-corrected chi connectivity index (χ0v) is 11.6. The summed E-state index contributed by atoms with van der Waals surface area (Å²) in [4.78, 5) is 20.2. The van der Waals surface area contributed by atoms with Crippen molar-refractivity contribution in [1.82, 2.24) is 9.97 Å². The van der Waals surface area contributed by atoms with Gasteiger partial charge in [-0.1, -0.05) is 25.2 Å². The Bertz CT molecular complexity index is 687. The van der Waals surface area contributed by atoms with Gasteiger partial charge in [-0.25, -0.2) is 4.98 Å². The summed E-state index contributed by atoms with van der Waals surface area (Å²) < 4.78 is 0.683. The molecule has 0 fully saturated rings. The number of nitrogens with one attached hydrogen (secondary N) is 1. The largest absolute Gasteiger partial charge is 0.309 e. The Morgan fingerprint density at radius 2 is 2.28 bits per heavy atom. The van der Waals surface area contributed by atoms with E-state index < -0.39 is 0 Å². The minimum absolute atomic E-state index is 0.0507. The lowest BCUT2D eigenvalue weighted by molar-refractivity contribution is 0.946. The molecule has 0 spiro atoms. The van der Waals surface area contributed by atoms with Crippen LogP contribution in [0.25, 0.3) is 15.8 Å². The SMILES string of the molecule is C=CC(=C(C)C)c1cc2nc(CC)[nH]c(=O)c2s1. The van der Waals surface area contributed by atoms with E-state index in [2.05, 4.69) is 16.5 Å². The van der Waals surface area contributed by atoms with Crippen LogP contribution in [0, 0.1) is 0 Å². The Kier molecular flexibility index (Phi) is 3.48. The maximum Gasteiger partial charge on any atom is 0.268 e. The predicted octanol–water partition coefficient (Wildman–Crippen LogP) is 3.53. The highest BCUT2D eigenvalue weighted by molar-refractivity contribution is 7.20. The predicted molar refractivity (Wildman–Crippen MR) is 78.1 cm³/mol. The number of hydrogen-bond donors (Lipinski definition) is 1. The van der Waals surface area contributed by atoms with Crippen molar-refractivity contribution in [2.24, 2.45) is 0 Å². The molecule has 3 nitrogen and oxygen atoms in total. The minimum atomic E-state index is -0.0507. The first-order valence-corrected chi connectivity index (χ1v) is 6.71. The van der Waals surface area contributed by atoms with Crippen molar-refractivity contribution in [2.75, 3.05) is 0 Å². The molecule has 0 aliphatic rings. The summed E-state index contributed by atoms with van der Waals surface area (Å²) in [5, 5.41) is 0. The van der Waals surface area contributed by atoms with E-state index in [9.17, 15) is 4.79 Å². The van der Waals surface area contributed by atoms with Gasteiger partial charge >= 0.3 is 0 Å². The zero-order valence-electron chi connectivity index (χ0n) is 10.8. The number of thiophene rings is 1. The lowest BCUT2D eigenvalue weighted by atomic mass is 10.1. The van der Waals surface area contributed by atoms with Gasteiger partial charge in [-0.2, -0.15) is 0 Å². The van der Waals surface area contributed by atoms with Crippen LogP contribution in [0.15, 0.2) is 29.1 Å². The van der Waals surface area contributed by atoms with Crippen LogP contribution in [-0.4, -0.2) is 9.97 Å². The molecule has 1 N–H and O–H groups in total. The van der Waals surface area contributed by atoms with E-state index in [0.717, 1.165) is 28.2 Å². The van der Waals surface area contributed by atoms with E-state index in [1.165, 1.54) is 16.9 Å². The molecule has 0 unspecified atom stereocenters. The summed E-state index contributed by atoms with van der Waals surface area (Å²) in [6.45, 7) is 9.88. The molecule has 0 atom stereocenters.